The first-order chi connectivity index (χ1) is 12.8. The molecule has 0 unspecified atom stereocenters. The molecule has 0 aliphatic rings. The van der Waals surface area contributed by atoms with Crippen LogP contribution >= 0.6 is 11.6 Å². The summed E-state index contributed by atoms with van der Waals surface area (Å²) in [7, 11) is 0. The molecule has 2 aromatic rings. The summed E-state index contributed by atoms with van der Waals surface area (Å²) in [5.74, 6) is -0.807. The zero-order chi connectivity index (χ0) is 19.8. The second kappa shape index (κ2) is 9.73. The zero-order valence-corrected chi connectivity index (χ0v) is 16.0. The lowest BCUT2D eigenvalue weighted by Crippen LogP contribution is -2.36. The third kappa shape index (κ3) is 6.75. The summed E-state index contributed by atoms with van der Waals surface area (Å²) in [5, 5.41) is 8.54. The van der Waals surface area contributed by atoms with Gasteiger partial charge < -0.3 is 16.0 Å². The molecule has 0 atom stereocenters. The van der Waals surface area contributed by atoms with E-state index in [2.05, 4.69) is 16.0 Å². The van der Waals surface area contributed by atoms with Gasteiger partial charge in [0.25, 0.3) is 5.91 Å². The number of anilines is 1. The summed E-state index contributed by atoms with van der Waals surface area (Å²) in [6.45, 7) is 3.84. The molecule has 0 spiro atoms. The van der Waals surface area contributed by atoms with Crippen LogP contribution in [0.3, 0.4) is 0 Å². The van der Waals surface area contributed by atoms with Crippen molar-refractivity contribution >= 4 is 35.0 Å². The van der Waals surface area contributed by atoms with Crippen LogP contribution in [0.25, 0.3) is 0 Å². The van der Waals surface area contributed by atoms with E-state index < -0.39 is 0 Å². The quantitative estimate of drug-likeness (QED) is 0.682. The first-order valence-electron chi connectivity index (χ1n) is 8.55. The Labute approximate surface area is 163 Å². The molecule has 2 aromatic carbocycles. The average Bonchev–Trinajstić information content (AvgIpc) is 2.65. The summed E-state index contributed by atoms with van der Waals surface area (Å²) in [5.41, 5.74) is 1.99. The molecule has 0 aliphatic carbocycles. The lowest BCUT2D eigenvalue weighted by atomic mass is 10.1. The molecule has 3 amide bonds. The van der Waals surface area contributed by atoms with E-state index in [0.29, 0.717) is 22.8 Å². The fraction of sp³-hybridized carbons (Fsp3) is 0.250. The van der Waals surface area contributed by atoms with Crippen molar-refractivity contribution < 1.29 is 14.4 Å². The maximum atomic E-state index is 12.0. The van der Waals surface area contributed by atoms with Crippen molar-refractivity contribution in [3.63, 3.8) is 0 Å². The number of nitrogens with one attached hydrogen (secondary N) is 3. The van der Waals surface area contributed by atoms with Gasteiger partial charge in [-0.05, 0) is 35.9 Å². The Hall–Kier alpha value is -2.86. The molecule has 6 nitrogen and oxygen atoms in total. The summed E-state index contributed by atoms with van der Waals surface area (Å²) in [6, 6.07) is 13.7. The summed E-state index contributed by atoms with van der Waals surface area (Å²) in [4.78, 5) is 35.5. The monoisotopic (exact) mass is 387 g/mol. The normalized spacial score (nSPS) is 10.4. The van der Waals surface area contributed by atoms with E-state index in [1.807, 2.05) is 26.0 Å². The van der Waals surface area contributed by atoms with Gasteiger partial charge in [-0.25, -0.2) is 0 Å². The van der Waals surface area contributed by atoms with Crippen LogP contribution in [0.2, 0.25) is 5.02 Å². The van der Waals surface area contributed by atoms with Gasteiger partial charge in [-0.2, -0.15) is 0 Å². The number of carbonyl (C=O) groups is 3. The Kier molecular flexibility index (Phi) is 7.37. The first-order valence-corrected chi connectivity index (χ1v) is 8.93. The molecular weight excluding hydrogens is 366 g/mol. The van der Waals surface area contributed by atoms with E-state index in [4.69, 9.17) is 11.6 Å². The van der Waals surface area contributed by atoms with E-state index in [9.17, 15) is 14.4 Å². The van der Waals surface area contributed by atoms with Crippen LogP contribution < -0.4 is 16.0 Å². The van der Waals surface area contributed by atoms with Crippen LogP contribution in [0.5, 0.6) is 0 Å². The molecule has 7 heteroatoms. The molecular formula is C20H22ClN3O3. The van der Waals surface area contributed by atoms with Gasteiger partial charge in [0, 0.05) is 28.7 Å². The van der Waals surface area contributed by atoms with Crippen LogP contribution in [0.15, 0.2) is 48.5 Å². The standard InChI is InChI=1S/C20H22ClN3O3/c1-13(2)19(26)24-17-8-6-14(7-9-17)11-22-18(25)12-23-20(27)15-4-3-5-16(21)10-15/h3-10,13H,11-12H2,1-2H3,(H,22,25)(H,23,27)(H,24,26). The van der Waals surface area contributed by atoms with Crippen molar-refractivity contribution in [2.24, 2.45) is 5.92 Å². The summed E-state index contributed by atoms with van der Waals surface area (Å²) in [6.07, 6.45) is 0. The highest BCUT2D eigenvalue weighted by Crippen LogP contribution is 2.11. The van der Waals surface area contributed by atoms with E-state index in [1.165, 1.54) is 6.07 Å². The molecule has 3 N–H and O–H groups in total. The van der Waals surface area contributed by atoms with Crippen molar-refractivity contribution in [1.29, 1.82) is 0 Å². The number of hydrogen-bond acceptors (Lipinski definition) is 3. The summed E-state index contributed by atoms with van der Waals surface area (Å²) >= 11 is 5.84. The fourth-order valence-corrected chi connectivity index (χ4v) is 2.34. The number of rotatable bonds is 7. The maximum Gasteiger partial charge on any atom is 0.251 e. The van der Waals surface area contributed by atoms with Crippen molar-refractivity contribution in [2.45, 2.75) is 20.4 Å². The number of hydrogen-bond donors (Lipinski definition) is 3. The van der Waals surface area contributed by atoms with Gasteiger partial charge in [0.05, 0.1) is 6.54 Å². The van der Waals surface area contributed by atoms with Crippen LogP contribution in [0, 0.1) is 5.92 Å². The van der Waals surface area contributed by atoms with Gasteiger partial charge >= 0.3 is 0 Å². The lowest BCUT2D eigenvalue weighted by molar-refractivity contribution is -0.120. The van der Waals surface area contributed by atoms with E-state index in [-0.39, 0.29) is 30.2 Å². The van der Waals surface area contributed by atoms with Crippen LogP contribution in [-0.4, -0.2) is 24.3 Å². The van der Waals surface area contributed by atoms with E-state index >= 15 is 0 Å². The molecule has 0 radical (unpaired) electrons. The van der Waals surface area contributed by atoms with E-state index in [0.717, 1.165) is 5.56 Å². The van der Waals surface area contributed by atoms with Gasteiger partial charge in [-0.1, -0.05) is 43.6 Å². The fourth-order valence-electron chi connectivity index (χ4n) is 2.15. The third-order valence-electron chi connectivity index (χ3n) is 3.73. The smallest absolute Gasteiger partial charge is 0.251 e. The van der Waals surface area contributed by atoms with Gasteiger partial charge in [-0.3, -0.25) is 14.4 Å². The molecule has 0 saturated carbocycles. The van der Waals surface area contributed by atoms with Gasteiger partial charge in [-0.15, -0.1) is 0 Å². The van der Waals surface area contributed by atoms with Crippen molar-refractivity contribution in [2.75, 3.05) is 11.9 Å². The van der Waals surface area contributed by atoms with Crippen LogP contribution in [0.1, 0.15) is 29.8 Å². The predicted octanol–water partition coefficient (Wildman–Crippen LogP) is 2.98. The highest BCUT2D eigenvalue weighted by molar-refractivity contribution is 6.31. The van der Waals surface area contributed by atoms with Crippen molar-refractivity contribution in [1.82, 2.24) is 10.6 Å². The van der Waals surface area contributed by atoms with Crippen molar-refractivity contribution in [3.8, 4) is 0 Å². The minimum atomic E-state index is -0.363. The largest absolute Gasteiger partial charge is 0.350 e. The molecule has 0 aliphatic heterocycles. The van der Waals surface area contributed by atoms with Gasteiger partial charge in [0.1, 0.15) is 0 Å². The van der Waals surface area contributed by atoms with Gasteiger partial charge in [0.15, 0.2) is 0 Å². The Bertz CT molecular complexity index is 819. The second-order valence-electron chi connectivity index (χ2n) is 6.31. The topological polar surface area (TPSA) is 87.3 Å². The number of halogens is 1. The Morgan fingerprint density at radius 1 is 1.00 bits per heavy atom. The molecule has 27 heavy (non-hydrogen) atoms. The molecule has 0 bridgehead atoms. The molecule has 0 saturated heterocycles. The van der Waals surface area contributed by atoms with Crippen LogP contribution in [-0.2, 0) is 16.1 Å². The first kappa shape index (κ1) is 20.5. The maximum absolute atomic E-state index is 12.0. The highest BCUT2D eigenvalue weighted by atomic mass is 35.5. The molecule has 0 fully saturated rings. The SMILES string of the molecule is CC(C)C(=O)Nc1ccc(CNC(=O)CNC(=O)c2cccc(Cl)c2)cc1. The number of carbonyl (C=O) groups excluding carboxylic acids is 3. The molecule has 142 valence electrons. The van der Waals surface area contributed by atoms with Crippen LogP contribution in [0.4, 0.5) is 5.69 Å². The minimum Gasteiger partial charge on any atom is -0.350 e. The summed E-state index contributed by atoms with van der Waals surface area (Å²) < 4.78 is 0. The molecule has 2 rings (SSSR count). The third-order valence-corrected chi connectivity index (χ3v) is 3.97. The number of benzene rings is 2. The predicted molar refractivity (Wildman–Crippen MR) is 106 cm³/mol. The van der Waals surface area contributed by atoms with Gasteiger partial charge in [0.2, 0.25) is 11.8 Å². The Balaban J connectivity index is 1.76. The lowest BCUT2D eigenvalue weighted by Gasteiger charge is -2.10. The van der Waals surface area contributed by atoms with Crippen molar-refractivity contribution in [3.05, 3.63) is 64.7 Å². The highest BCUT2D eigenvalue weighted by Gasteiger charge is 2.09. The molecule has 0 heterocycles. The minimum absolute atomic E-state index is 0.0495. The second-order valence-corrected chi connectivity index (χ2v) is 6.75. The average molecular weight is 388 g/mol. The zero-order valence-electron chi connectivity index (χ0n) is 15.2. The molecule has 0 aromatic heterocycles. The Morgan fingerprint density at radius 2 is 1.70 bits per heavy atom. The Morgan fingerprint density at radius 3 is 2.33 bits per heavy atom. The van der Waals surface area contributed by atoms with E-state index in [1.54, 1.807) is 30.3 Å². The number of amides is 3.